The van der Waals surface area contributed by atoms with Crippen LogP contribution in [-0.4, -0.2) is 19.5 Å². The van der Waals surface area contributed by atoms with E-state index in [2.05, 4.69) is 200 Å². The van der Waals surface area contributed by atoms with Crippen LogP contribution >= 0.6 is 0 Å². The molecule has 5 nitrogen and oxygen atoms in total. The van der Waals surface area contributed by atoms with Crippen molar-refractivity contribution >= 4 is 54.5 Å². The number of para-hydroxylation sites is 2. The molecule has 0 atom stereocenters. The van der Waals surface area contributed by atoms with Crippen molar-refractivity contribution in [2.75, 3.05) is 0 Å². The van der Waals surface area contributed by atoms with Crippen molar-refractivity contribution in [2.45, 2.75) is 72.6 Å². The number of nitrogens with zero attached hydrogens (tertiary/aromatic N) is 4. The largest absolute Gasteiger partial charge is 0.501 e. The van der Waals surface area contributed by atoms with Crippen molar-refractivity contribution in [3.8, 4) is 50.7 Å². The maximum atomic E-state index is 7.61. The Balaban J connectivity index is 0.000000258. The van der Waals surface area contributed by atoms with Gasteiger partial charge in [-0.15, -0.1) is 54.1 Å². The summed E-state index contributed by atoms with van der Waals surface area (Å²) in [6.45, 7) is 12.8. The first kappa shape index (κ1) is 44.4. The summed E-state index contributed by atoms with van der Waals surface area (Å²) in [7, 11) is 0. The molecule has 0 amide bonds. The smallest absolute Gasteiger partial charge is 0.121 e. The second-order valence-corrected chi connectivity index (χ2v) is 20.1. The molecule has 3 aromatic heterocycles. The van der Waals surface area contributed by atoms with Crippen LogP contribution in [0.3, 0.4) is 0 Å². The number of hydrogen-bond donors (Lipinski definition) is 0. The molecule has 0 fully saturated rings. The van der Waals surface area contributed by atoms with Crippen LogP contribution in [-0.2, 0) is 25.5 Å². The minimum absolute atomic E-state index is 0. The second kappa shape index (κ2) is 19.6. The molecule has 0 aliphatic carbocycles. The van der Waals surface area contributed by atoms with Crippen LogP contribution in [0.4, 0.5) is 0 Å². The fraction of sp³-hybridized carbons (Fsp3) is 0.167. The molecule has 357 valence electrons. The molecule has 9 aromatic carbocycles. The van der Waals surface area contributed by atoms with E-state index < -0.39 is 6.85 Å². The van der Waals surface area contributed by atoms with E-state index in [-0.39, 0.29) is 42.9 Å². The van der Waals surface area contributed by atoms with Crippen molar-refractivity contribution in [3.63, 3.8) is 0 Å². The standard InChI is InChI=1S/C51H39N2O.C15H17N2.Ir/c1-31(2)42-28-38(35-23-21-34(22-24-35)33-13-6-5-7-14-33)29-43(32(3)4)49(42)53-47-20-11-10-19-46(47)52-51(53)41-18-12-17-40-45-27-37-26-25-36-15-8-9-16-39(36)44(37)30-48(45)54-50(40)41;1-11-10-16-14(12-8-6-5-7-9-12)17-13(11)15(2,3)4;/h5-17,19-32H,1-4H3;5-8,10H,1-4H3;/q2*-1;/i;1D3;. The van der Waals surface area contributed by atoms with Gasteiger partial charge in [0.15, 0.2) is 0 Å². The quantitative estimate of drug-likeness (QED) is 0.118. The molecule has 3 heterocycles. The Morgan fingerprint density at radius 3 is 1.96 bits per heavy atom. The number of aryl methyl sites for hydroxylation is 1. The molecule has 72 heavy (non-hydrogen) atoms. The van der Waals surface area contributed by atoms with Gasteiger partial charge in [0.05, 0.1) is 28.3 Å². The van der Waals surface area contributed by atoms with Crippen molar-refractivity contribution in [1.82, 2.24) is 19.5 Å². The molecule has 0 saturated carbocycles. The van der Waals surface area contributed by atoms with Crippen LogP contribution in [0.15, 0.2) is 187 Å². The number of fused-ring (bicyclic) bond motifs is 7. The van der Waals surface area contributed by atoms with Gasteiger partial charge < -0.3 is 8.98 Å². The zero-order valence-electron chi connectivity index (χ0n) is 44.5. The van der Waals surface area contributed by atoms with Crippen molar-refractivity contribution in [2.24, 2.45) is 0 Å². The third kappa shape index (κ3) is 8.95. The van der Waals surface area contributed by atoms with Crippen molar-refractivity contribution in [3.05, 3.63) is 217 Å². The Morgan fingerprint density at radius 1 is 0.583 bits per heavy atom. The van der Waals surface area contributed by atoms with Gasteiger partial charge in [-0.2, -0.15) is 0 Å². The van der Waals surface area contributed by atoms with Gasteiger partial charge in [0, 0.05) is 52.6 Å². The number of furan rings is 1. The van der Waals surface area contributed by atoms with Gasteiger partial charge in [0.25, 0.3) is 0 Å². The first-order valence-corrected chi connectivity index (χ1v) is 24.5. The number of imidazole rings is 1. The Bertz CT molecular complexity index is 4010. The molecular weight excluding hydrogens is 1060 g/mol. The van der Waals surface area contributed by atoms with E-state index in [0.29, 0.717) is 11.5 Å². The Morgan fingerprint density at radius 2 is 1.25 bits per heavy atom. The molecule has 6 heteroatoms. The number of rotatable bonds is 7. The summed E-state index contributed by atoms with van der Waals surface area (Å²) >= 11 is 0. The van der Waals surface area contributed by atoms with Gasteiger partial charge >= 0.3 is 0 Å². The van der Waals surface area contributed by atoms with Crippen molar-refractivity contribution in [1.29, 1.82) is 0 Å². The van der Waals surface area contributed by atoms with Crippen LogP contribution in [0.25, 0.3) is 105 Å². The normalized spacial score (nSPS) is 12.5. The molecule has 0 aliphatic heterocycles. The third-order valence-electron chi connectivity index (χ3n) is 13.5. The predicted molar refractivity (Wildman–Crippen MR) is 296 cm³/mol. The summed E-state index contributed by atoms with van der Waals surface area (Å²) in [5.74, 6) is 1.84. The number of aromatic nitrogens is 4. The minimum Gasteiger partial charge on any atom is -0.501 e. The Hall–Kier alpha value is -7.50. The average Bonchev–Trinajstić information content (AvgIpc) is 4.00. The summed E-state index contributed by atoms with van der Waals surface area (Å²) in [5.41, 5.74) is 14.3. The van der Waals surface area contributed by atoms with E-state index in [1.54, 1.807) is 6.07 Å². The van der Waals surface area contributed by atoms with Gasteiger partial charge in [-0.1, -0.05) is 163 Å². The summed E-state index contributed by atoms with van der Waals surface area (Å²) in [6, 6.07) is 68.5. The molecule has 0 N–H and O–H groups in total. The molecular formula is C66H56IrN4O-2. The van der Waals surface area contributed by atoms with E-state index >= 15 is 0 Å². The summed E-state index contributed by atoms with van der Waals surface area (Å²) in [5, 5.41) is 7.00. The van der Waals surface area contributed by atoms with E-state index in [1.165, 1.54) is 66.8 Å². The fourth-order valence-electron chi connectivity index (χ4n) is 9.91. The van der Waals surface area contributed by atoms with Crippen LogP contribution in [0.1, 0.15) is 86.8 Å². The van der Waals surface area contributed by atoms with Gasteiger partial charge in [-0.05, 0) is 116 Å². The monoisotopic (exact) mass is 1120 g/mol. The van der Waals surface area contributed by atoms with Gasteiger partial charge in [-0.3, -0.25) is 15.0 Å². The molecule has 12 rings (SSSR count). The minimum atomic E-state index is -2.21. The van der Waals surface area contributed by atoms with Gasteiger partial charge in [0.2, 0.25) is 0 Å². The van der Waals surface area contributed by atoms with E-state index in [4.69, 9.17) is 13.5 Å². The summed E-state index contributed by atoms with van der Waals surface area (Å²) in [6.07, 6.45) is 1.41. The maximum Gasteiger partial charge on any atom is 0.121 e. The fourth-order valence-corrected chi connectivity index (χ4v) is 9.91. The molecule has 0 aliphatic rings. The second-order valence-electron chi connectivity index (χ2n) is 20.1. The predicted octanol–water partition coefficient (Wildman–Crippen LogP) is 17.8. The summed E-state index contributed by atoms with van der Waals surface area (Å²) in [4.78, 5) is 14.0. The first-order valence-electron chi connectivity index (χ1n) is 26.0. The van der Waals surface area contributed by atoms with Crippen molar-refractivity contribution < 1.29 is 28.6 Å². The SMILES string of the molecule is CC(C)c1cc(-c2ccc(-c3ccccc3)cc2)cc(C(C)C)c1-n1c(-c2[c-]ccc3c2oc2cc4c(ccc5ccccc54)cc23)nc2ccccc21.[2H]C([2H])([2H])c1cnc(-c2[c-]cccc2)nc1C(C)(C)C.[Ir]. The summed E-state index contributed by atoms with van der Waals surface area (Å²) < 4.78 is 32.1. The van der Waals surface area contributed by atoms with Crippen LogP contribution < -0.4 is 0 Å². The molecule has 12 aromatic rings. The molecule has 0 unspecified atom stereocenters. The van der Waals surface area contributed by atoms with Crippen LogP contribution in [0.5, 0.6) is 0 Å². The molecule has 0 saturated heterocycles. The molecule has 0 spiro atoms. The first-order chi connectivity index (χ1) is 35.6. The number of hydrogen-bond acceptors (Lipinski definition) is 4. The Kier molecular flexibility index (Phi) is 12.1. The van der Waals surface area contributed by atoms with Gasteiger partial charge in [-0.25, -0.2) is 0 Å². The molecule has 0 bridgehead atoms. The average molecular weight is 1120 g/mol. The van der Waals surface area contributed by atoms with E-state index in [0.717, 1.165) is 49.9 Å². The maximum absolute atomic E-state index is 7.61. The Labute approximate surface area is 440 Å². The topological polar surface area (TPSA) is 56.7 Å². The number of benzene rings is 9. The third-order valence-corrected chi connectivity index (χ3v) is 13.5. The molecule has 1 radical (unpaired) electrons. The zero-order chi connectivity index (χ0) is 51.5. The zero-order valence-corrected chi connectivity index (χ0v) is 43.9. The van der Waals surface area contributed by atoms with Crippen LogP contribution in [0, 0.1) is 19.0 Å². The van der Waals surface area contributed by atoms with Crippen LogP contribution in [0.2, 0.25) is 0 Å². The van der Waals surface area contributed by atoms with E-state index in [1.807, 2.05) is 45.0 Å². The van der Waals surface area contributed by atoms with E-state index in [9.17, 15) is 0 Å². The van der Waals surface area contributed by atoms with Gasteiger partial charge in [0.1, 0.15) is 5.58 Å².